The summed E-state index contributed by atoms with van der Waals surface area (Å²) in [6, 6.07) is -0.623. The number of hydrogen-bond donors (Lipinski definition) is 3. The molecule has 5 heteroatoms. The van der Waals surface area contributed by atoms with Crippen LogP contribution in [0, 0.1) is 0 Å². The Hall–Kier alpha value is -1.10. The van der Waals surface area contributed by atoms with Crippen LogP contribution in [0.1, 0.15) is 44.9 Å². The molecule has 1 aliphatic carbocycles. The first-order valence-corrected chi connectivity index (χ1v) is 5.47. The van der Waals surface area contributed by atoms with E-state index in [2.05, 4.69) is 10.5 Å². The fourth-order valence-corrected chi connectivity index (χ4v) is 1.77. The number of urea groups is 1. The largest absolute Gasteiger partial charge is 0.393 e. The van der Waals surface area contributed by atoms with E-state index in [4.69, 9.17) is 5.73 Å². The molecule has 4 N–H and O–H groups in total. The van der Waals surface area contributed by atoms with E-state index in [0.29, 0.717) is 0 Å². The summed E-state index contributed by atoms with van der Waals surface area (Å²) in [5.41, 5.74) is 8.17. The average molecular weight is 213 g/mol. The molecule has 1 aliphatic rings. The second-order valence-electron chi connectivity index (χ2n) is 3.95. The zero-order valence-corrected chi connectivity index (χ0v) is 8.91. The van der Waals surface area contributed by atoms with Crippen molar-refractivity contribution in [1.29, 1.82) is 0 Å². The number of nitrogens with zero attached hydrogens (tertiary/aromatic N) is 1. The number of hydrazone groups is 1. The molecule has 0 aromatic rings. The molecular formula is C10H19N3O2. The number of hydrogen-bond acceptors (Lipinski definition) is 3. The number of aliphatic hydroxyl groups is 1. The first-order chi connectivity index (χ1) is 7.18. The predicted molar refractivity (Wildman–Crippen MR) is 58.5 cm³/mol. The zero-order chi connectivity index (χ0) is 11.1. The van der Waals surface area contributed by atoms with Gasteiger partial charge in [0, 0.05) is 5.71 Å². The number of rotatable bonds is 1. The molecule has 0 heterocycles. The van der Waals surface area contributed by atoms with Gasteiger partial charge < -0.3 is 10.8 Å². The summed E-state index contributed by atoms with van der Waals surface area (Å²) < 4.78 is 0. The van der Waals surface area contributed by atoms with Crippen molar-refractivity contribution < 1.29 is 9.90 Å². The van der Waals surface area contributed by atoms with Crippen molar-refractivity contribution in [3.05, 3.63) is 0 Å². The molecule has 0 aromatic carbocycles. The van der Waals surface area contributed by atoms with E-state index in [1.54, 1.807) is 0 Å². The van der Waals surface area contributed by atoms with Gasteiger partial charge in [-0.15, -0.1) is 0 Å². The van der Waals surface area contributed by atoms with E-state index in [-0.39, 0.29) is 6.10 Å². The molecule has 0 aromatic heterocycles. The second kappa shape index (κ2) is 6.40. The Labute approximate surface area is 89.7 Å². The highest BCUT2D eigenvalue weighted by Crippen LogP contribution is 2.15. The lowest BCUT2D eigenvalue weighted by Gasteiger charge is -2.06. The Morgan fingerprint density at radius 2 is 2.00 bits per heavy atom. The maximum absolute atomic E-state index is 10.5. The van der Waals surface area contributed by atoms with E-state index < -0.39 is 6.03 Å². The van der Waals surface area contributed by atoms with Gasteiger partial charge in [-0.3, -0.25) is 0 Å². The van der Waals surface area contributed by atoms with Gasteiger partial charge in [0.15, 0.2) is 0 Å². The molecule has 1 atom stereocenters. The van der Waals surface area contributed by atoms with Crippen LogP contribution in [0.15, 0.2) is 5.10 Å². The standard InChI is InChI=1S/C10H19N3O2/c11-10(15)13-12-8-4-1-2-6-9(14)7-3-5-8/h9,14H,1-7H2,(H3,11,13,15)/b12-8-/t9-/m1/s1. The lowest BCUT2D eigenvalue weighted by molar-refractivity contribution is 0.150. The van der Waals surface area contributed by atoms with E-state index in [1.807, 2.05) is 0 Å². The Balaban J connectivity index is 2.42. The van der Waals surface area contributed by atoms with Gasteiger partial charge in [0.1, 0.15) is 0 Å². The summed E-state index contributed by atoms with van der Waals surface area (Å²) in [5, 5.41) is 13.5. The summed E-state index contributed by atoms with van der Waals surface area (Å²) in [7, 11) is 0. The van der Waals surface area contributed by atoms with E-state index >= 15 is 0 Å². The first-order valence-electron chi connectivity index (χ1n) is 5.47. The molecule has 5 nitrogen and oxygen atoms in total. The van der Waals surface area contributed by atoms with Crippen LogP contribution < -0.4 is 11.2 Å². The minimum atomic E-state index is -0.623. The molecule has 0 unspecified atom stereocenters. The summed E-state index contributed by atoms with van der Waals surface area (Å²) in [6.45, 7) is 0. The lowest BCUT2D eigenvalue weighted by Crippen LogP contribution is -2.25. The van der Waals surface area contributed by atoms with Gasteiger partial charge in [-0.1, -0.05) is 6.42 Å². The molecule has 1 fully saturated rings. The molecular weight excluding hydrogens is 194 g/mol. The summed E-state index contributed by atoms with van der Waals surface area (Å²) >= 11 is 0. The fourth-order valence-electron chi connectivity index (χ4n) is 1.77. The van der Waals surface area contributed by atoms with Gasteiger partial charge in [-0.25, -0.2) is 10.2 Å². The Kier molecular flexibility index (Phi) is 5.10. The molecule has 15 heavy (non-hydrogen) atoms. The number of carbonyl (C=O) groups excluding carboxylic acids is 1. The minimum Gasteiger partial charge on any atom is -0.393 e. The highest BCUT2D eigenvalue weighted by atomic mass is 16.3. The molecule has 0 spiro atoms. The monoisotopic (exact) mass is 213 g/mol. The van der Waals surface area contributed by atoms with E-state index in [1.165, 1.54) is 0 Å². The van der Waals surface area contributed by atoms with Crippen molar-refractivity contribution in [1.82, 2.24) is 5.43 Å². The highest BCUT2D eigenvalue weighted by molar-refractivity contribution is 5.85. The smallest absolute Gasteiger partial charge is 0.332 e. The van der Waals surface area contributed by atoms with Crippen LogP contribution in [0.3, 0.4) is 0 Å². The van der Waals surface area contributed by atoms with Crippen LogP contribution in [0.25, 0.3) is 0 Å². The van der Waals surface area contributed by atoms with Crippen LogP contribution >= 0.6 is 0 Å². The van der Waals surface area contributed by atoms with Crippen molar-refractivity contribution in [2.45, 2.75) is 51.0 Å². The van der Waals surface area contributed by atoms with Crippen molar-refractivity contribution in [2.75, 3.05) is 0 Å². The van der Waals surface area contributed by atoms with Gasteiger partial charge in [0.2, 0.25) is 0 Å². The van der Waals surface area contributed by atoms with Gasteiger partial charge in [-0.2, -0.15) is 5.10 Å². The zero-order valence-electron chi connectivity index (χ0n) is 8.91. The normalized spacial score (nSPS) is 26.5. The third-order valence-corrected chi connectivity index (χ3v) is 2.58. The number of primary amides is 1. The van der Waals surface area contributed by atoms with Crippen LogP contribution in [-0.4, -0.2) is 23.0 Å². The number of amides is 2. The van der Waals surface area contributed by atoms with Crippen molar-refractivity contribution in [3.63, 3.8) is 0 Å². The van der Waals surface area contributed by atoms with Gasteiger partial charge >= 0.3 is 6.03 Å². The third kappa shape index (κ3) is 5.37. The van der Waals surface area contributed by atoms with Crippen LogP contribution in [-0.2, 0) is 0 Å². The van der Waals surface area contributed by atoms with E-state index in [0.717, 1.165) is 50.7 Å². The lowest BCUT2D eigenvalue weighted by atomic mass is 10.1. The summed E-state index contributed by atoms with van der Waals surface area (Å²) in [6.07, 6.45) is 6.16. The van der Waals surface area contributed by atoms with Crippen LogP contribution in [0.5, 0.6) is 0 Å². The maximum Gasteiger partial charge on any atom is 0.332 e. The first kappa shape index (κ1) is 12.0. The predicted octanol–water partition coefficient (Wildman–Crippen LogP) is 1.12. The maximum atomic E-state index is 10.5. The van der Waals surface area contributed by atoms with Gasteiger partial charge in [0.05, 0.1) is 6.10 Å². The van der Waals surface area contributed by atoms with E-state index in [9.17, 15) is 9.90 Å². The number of nitrogens with one attached hydrogen (secondary N) is 1. The van der Waals surface area contributed by atoms with Gasteiger partial charge in [-0.05, 0) is 38.5 Å². The Morgan fingerprint density at radius 1 is 1.33 bits per heavy atom. The minimum absolute atomic E-state index is 0.173. The Bertz CT molecular complexity index is 241. The van der Waals surface area contributed by atoms with Gasteiger partial charge in [0.25, 0.3) is 0 Å². The summed E-state index contributed by atoms with van der Waals surface area (Å²) in [5.74, 6) is 0. The molecule has 2 amide bonds. The second-order valence-corrected chi connectivity index (χ2v) is 3.95. The van der Waals surface area contributed by atoms with Crippen molar-refractivity contribution in [3.8, 4) is 0 Å². The molecule has 0 radical (unpaired) electrons. The van der Waals surface area contributed by atoms with Crippen LogP contribution in [0.4, 0.5) is 4.79 Å². The molecule has 1 saturated carbocycles. The van der Waals surface area contributed by atoms with Crippen LogP contribution in [0.2, 0.25) is 0 Å². The quantitative estimate of drug-likeness (QED) is 0.570. The molecule has 0 aliphatic heterocycles. The molecule has 0 saturated heterocycles. The third-order valence-electron chi connectivity index (χ3n) is 2.58. The fraction of sp³-hybridized carbons (Fsp3) is 0.800. The Morgan fingerprint density at radius 3 is 2.73 bits per heavy atom. The number of nitrogens with two attached hydrogens (primary N) is 1. The molecule has 86 valence electrons. The van der Waals surface area contributed by atoms with Crippen molar-refractivity contribution >= 4 is 11.7 Å². The number of carbonyl (C=O) groups is 1. The average Bonchev–Trinajstić information content (AvgIpc) is 2.27. The topological polar surface area (TPSA) is 87.7 Å². The SMILES string of the molecule is NC(=O)N/N=C1/CCCC[C@@H](O)CCC1. The highest BCUT2D eigenvalue weighted by Gasteiger charge is 2.09. The van der Waals surface area contributed by atoms with Crippen molar-refractivity contribution in [2.24, 2.45) is 10.8 Å². The summed E-state index contributed by atoms with van der Waals surface area (Å²) in [4.78, 5) is 10.5. The number of aliphatic hydroxyl groups excluding tert-OH is 1. The molecule has 1 rings (SSSR count). The molecule has 0 bridgehead atoms.